The van der Waals surface area contributed by atoms with E-state index in [1.165, 1.54) is 6.33 Å². The topological polar surface area (TPSA) is 58.1 Å². The van der Waals surface area contributed by atoms with Gasteiger partial charge in [-0.1, -0.05) is 30.3 Å². The van der Waals surface area contributed by atoms with Crippen molar-refractivity contribution in [3.05, 3.63) is 52.9 Å². The number of carbonyl (C=O) groups is 1. The molecule has 2 rings (SSSR count). The number of hydrogen-bond donors (Lipinski definition) is 1. The van der Waals surface area contributed by atoms with E-state index in [9.17, 15) is 4.79 Å². The van der Waals surface area contributed by atoms with Gasteiger partial charge in [-0.3, -0.25) is 4.79 Å². The van der Waals surface area contributed by atoms with Crippen LogP contribution in [0.25, 0.3) is 0 Å². The van der Waals surface area contributed by atoms with Crippen LogP contribution >= 0.6 is 15.9 Å². The zero-order chi connectivity index (χ0) is 15.2. The number of benzene rings is 1. The van der Waals surface area contributed by atoms with E-state index in [2.05, 4.69) is 31.2 Å². The summed E-state index contributed by atoms with van der Waals surface area (Å²) in [6, 6.07) is 9.52. The second-order valence-electron chi connectivity index (χ2n) is 4.84. The molecule has 0 saturated carbocycles. The first-order chi connectivity index (χ1) is 10.1. The number of anilines is 1. The first-order valence-corrected chi connectivity index (χ1v) is 7.34. The minimum absolute atomic E-state index is 0.00404. The van der Waals surface area contributed by atoms with Crippen LogP contribution in [0.1, 0.15) is 5.56 Å². The summed E-state index contributed by atoms with van der Waals surface area (Å²) in [7, 11) is 3.49. The van der Waals surface area contributed by atoms with Crippen LogP contribution < -0.4 is 5.32 Å². The molecule has 1 aromatic heterocycles. The lowest BCUT2D eigenvalue weighted by molar-refractivity contribution is -0.129. The van der Waals surface area contributed by atoms with E-state index < -0.39 is 0 Å². The molecule has 21 heavy (non-hydrogen) atoms. The number of aromatic nitrogens is 2. The van der Waals surface area contributed by atoms with E-state index in [0.717, 1.165) is 10.0 Å². The van der Waals surface area contributed by atoms with Gasteiger partial charge in [0.15, 0.2) is 0 Å². The van der Waals surface area contributed by atoms with Crippen LogP contribution in [0.4, 0.5) is 5.82 Å². The molecule has 1 atom stereocenters. The number of hydrogen-bond acceptors (Lipinski definition) is 4. The zero-order valence-corrected chi connectivity index (χ0v) is 13.5. The van der Waals surface area contributed by atoms with Gasteiger partial charge in [0.2, 0.25) is 5.91 Å². The van der Waals surface area contributed by atoms with Crippen LogP contribution in [0.2, 0.25) is 0 Å². The molecule has 1 amide bonds. The molecule has 1 unspecified atom stereocenters. The standard InChI is InChI=1S/C15H17BrN4O/c1-20(2)15(21)13(8-11-6-4-3-5-7-11)19-14-12(16)9-17-10-18-14/h3-7,9-10,13H,8H2,1-2H3,(H,17,18,19). The summed E-state index contributed by atoms with van der Waals surface area (Å²) in [6.45, 7) is 0. The van der Waals surface area contributed by atoms with E-state index in [4.69, 9.17) is 0 Å². The number of halogens is 1. The monoisotopic (exact) mass is 348 g/mol. The lowest BCUT2D eigenvalue weighted by Crippen LogP contribution is -2.40. The second-order valence-corrected chi connectivity index (χ2v) is 5.69. The van der Waals surface area contributed by atoms with Gasteiger partial charge in [0.05, 0.1) is 4.47 Å². The lowest BCUT2D eigenvalue weighted by Gasteiger charge is -2.22. The fraction of sp³-hybridized carbons (Fsp3) is 0.267. The number of likely N-dealkylation sites (N-methyl/N-ethyl adjacent to an activating group) is 1. The third-order valence-electron chi connectivity index (χ3n) is 3.00. The Morgan fingerprint density at radius 2 is 2.05 bits per heavy atom. The Bertz CT molecular complexity index is 604. The minimum Gasteiger partial charge on any atom is -0.357 e. The highest BCUT2D eigenvalue weighted by molar-refractivity contribution is 9.10. The van der Waals surface area contributed by atoms with Gasteiger partial charge in [-0.15, -0.1) is 0 Å². The summed E-state index contributed by atoms with van der Waals surface area (Å²) >= 11 is 3.38. The third-order valence-corrected chi connectivity index (χ3v) is 3.58. The van der Waals surface area contributed by atoms with Crippen LogP contribution in [0.3, 0.4) is 0 Å². The Balaban J connectivity index is 2.20. The third kappa shape index (κ3) is 4.26. The molecular weight excluding hydrogens is 332 g/mol. The molecule has 5 nitrogen and oxygen atoms in total. The average Bonchev–Trinajstić information content (AvgIpc) is 2.49. The second kappa shape index (κ2) is 7.17. The maximum atomic E-state index is 12.4. The lowest BCUT2D eigenvalue weighted by atomic mass is 10.0. The normalized spacial score (nSPS) is 11.8. The Morgan fingerprint density at radius 3 is 2.67 bits per heavy atom. The van der Waals surface area contributed by atoms with Crippen molar-refractivity contribution >= 4 is 27.7 Å². The van der Waals surface area contributed by atoms with E-state index in [1.807, 2.05) is 30.3 Å². The van der Waals surface area contributed by atoms with E-state index >= 15 is 0 Å². The molecule has 6 heteroatoms. The quantitative estimate of drug-likeness (QED) is 0.900. The van der Waals surface area contributed by atoms with Crippen molar-refractivity contribution in [3.8, 4) is 0 Å². The van der Waals surface area contributed by atoms with Crippen LogP contribution in [-0.2, 0) is 11.2 Å². The van der Waals surface area contributed by atoms with Gasteiger partial charge in [0, 0.05) is 26.7 Å². The SMILES string of the molecule is CN(C)C(=O)C(Cc1ccccc1)Nc1ncncc1Br. The van der Waals surface area contributed by atoms with Gasteiger partial charge in [-0.05, 0) is 21.5 Å². The van der Waals surface area contributed by atoms with Crippen molar-refractivity contribution in [2.75, 3.05) is 19.4 Å². The molecule has 0 aliphatic rings. The molecule has 0 bridgehead atoms. The zero-order valence-electron chi connectivity index (χ0n) is 12.0. The van der Waals surface area contributed by atoms with Gasteiger partial charge < -0.3 is 10.2 Å². The summed E-state index contributed by atoms with van der Waals surface area (Å²) in [5, 5.41) is 3.19. The highest BCUT2D eigenvalue weighted by Gasteiger charge is 2.21. The van der Waals surface area contributed by atoms with Crippen molar-refractivity contribution in [1.82, 2.24) is 14.9 Å². The average molecular weight is 349 g/mol. The maximum absolute atomic E-state index is 12.4. The first kappa shape index (κ1) is 15.4. The predicted molar refractivity (Wildman–Crippen MR) is 86.0 cm³/mol. The Labute approximate surface area is 132 Å². The van der Waals surface area contributed by atoms with Crippen molar-refractivity contribution in [1.29, 1.82) is 0 Å². The molecule has 110 valence electrons. The summed E-state index contributed by atoms with van der Waals surface area (Å²) in [4.78, 5) is 22.0. The number of amides is 1. The minimum atomic E-state index is -0.381. The summed E-state index contributed by atoms with van der Waals surface area (Å²) in [6.07, 6.45) is 3.69. The van der Waals surface area contributed by atoms with Gasteiger partial charge in [-0.25, -0.2) is 9.97 Å². The maximum Gasteiger partial charge on any atom is 0.244 e. The Morgan fingerprint density at radius 1 is 1.33 bits per heavy atom. The molecule has 2 aromatic rings. The van der Waals surface area contributed by atoms with Crippen LogP contribution in [0, 0.1) is 0 Å². The Hall–Kier alpha value is -1.95. The molecule has 0 aliphatic heterocycles. The molecule has 1 aromatic carbocycles. The molecule has 1 heterocycles. The van der Waals surface area contributed by atoms with Crippen molar-refractivity contribution in [3.63, 3.8) is 0 Å². The molecule has 0 saturated heterocycles. The number of rotatable bonds is 5. The van der Waals surface area contributed by atoms with E-state index in [1.54, 1.807) is 25.2 Å². The molecular formula is C15H17BrN4O. The smallest absolute Gasteiger partial charge is 0.244 e. The van der Waals surface area contributed by atoms with Crippen LogP contribution in [0.15, 0.2) is 47.3 Å². The van der Waals surface area contributed by atoms with E-state index in [0.29, 0.717) is 12.2 Å². The molecule has 0 spiro atoms. The highest BCUT2D eigenvalue weighted by atomic mass is 79.9. The molecule has 0 radical (unpaired) electrons. The number of nitrogens with zero attached hydrogens (tertiary/aromatic N) is 3. The van der Waals surface area contributed by atoms with Crippen LogP contribution in [0.5, 0.6) is 0 Å². The highest BCUT2D eigenvalue weighted by Crippen LogP contribution is 2.19. The summed E-state index contributed by atoms with van der Waals surface area (Å²) in [5.41, 5.74) is 1.09. The molecule has 0 aliphatic carbocycles. The van der Waals surface area contributed by atoms with Gasteiger partial charge in [0.1, 0.15) is 18.2 Å². The van der Waals surface area contributed by atoms with Crippen molar-refractivity contribution < 1.29 is 4.79 Å². The molecule has 0 fully saturated rings. The Kier molecular flexibility index (Phi) is 5.27. The fourth-order valence-electron chi connectivity index (χ4n) is 1.95. The van der Waals surface area contributed by atoms with Crippen LogP contribution in [-0.4, -0.2) is 40.9 Å². The summed E-state index contributed by atoms with van der Waals surface area (Å²) < 4.78 is 0.731. The fourth-order valence-corrected chi connectivity index (χ4v) is 2.28. The van der Waals surface area contributed by atoms with Gasteiger partial charge >= 0.3 is 0 Å². The van der Waals surface area contributed by atoms with Crippen molar-refractivity contribution in [2.45, 2.75) is 12.5 Å². The first-order valence-electron chi connectivity index (χ1n) is 6.55. The summed E-state index contributed by atoms with van der Waals surface area (Å²) in [5.74, 6) is 0.616. The molecule has 1 N–H and O–H groups in total. The van der Waals surface area contributed by atoms with Crippen molar-refractivity contribution in [2.24, 2.45) is 0 Å². The van der Waals surface area contributed by atoms with E-state index in [-0.39, 0.29) is 11.9 Å². The van der Waals surface area contributed by atoms with Gasteiger partial charge in [0.25, 0.3) is 0 Å². The van der Waals surface area contributed by atoms with Gasteiger partial charge in [-0.2, -0.15) is 0 Å². The largest absolute Gasteiger partial charge is 0.357 e. The number of nitrogens with one attached hydrogen (secondary N) is 1. The number of carbonyl (C=O) groups excluding carboxylic acids is 1. The predicted octanol–water partition coefficient (Wildman–Crippen LogP) is 2.35.